The van der Waals surface area contributed by atoms with Gasteiger partial charge in [0.2, 0.25) is 0 Å². The predicted octanol–water partition coefficient (Wildman–Crippen LogP) is 3.93. The van der Waals surface area contributed by atoms with Crippen LogP contribution in [0.4, 0.5) is 0 Å². The van der Waals surface area contributed by atoms with Crippen LogP contribution >= 0.6 is 23.2 Å². The minimum atomic E-state index is 0.0491. The molecular weight excluding hydrogens is 307 g/mol. The van der Waals surface area contributed by atoms with Crippen molar-refractivity contribution in [1.29, 1.82) is 0 Å². The molecular formula is C16H14Cl2N2O. The van der Waals surface area contributed by atoms with Gasteiger partial charge in [0.25, 0.3) is 0 Å². The number of aliphatic hydroxyl groups is 1. The van der Waals surface area contributed by atoms with Gasteiger partial charge >= 0.3 is 0 Å². The summed E-state index contributed by atoms with van der Waals surface area (Å²) in [5.74, 6) is 0.892. The van der Waals surface area contributed by atoms with Gasteiger partial charge in [-0.3, -0.25) is 0 Å². The highest BCUT2D eigenvalue weighted by Gasteiger charge is 2.13. The van der Waals surface area contributed by atoms with Crippen molar-refractivity contribution in [2.24, 2.45) is 0 Å². The van der Waals surface area contributed by atoms with E-state index >= 15 is 0 Å². The molecule has 21 heavy (non-hydrogen) atoms. The molecule has 0 atom stereocenters. The molecule has 0 aliphatic carbocycles. The second kappa shape index (κ2) is 6.06. The van der Waals surface area contributed by atoms with Crippen molar-refractivity contribution in [3.63, 3.8) is 0 Å². The number of hydrogen-bond donors (Lipinski definition) is 1. The molecule has 108 valence electrons. The molecule has 0 saturated heterocycles. The third-order valence-corrected chi connectivity index (χ3v) is 4.12. The Morgan fingerprint density at radius 1 is 1.05 bits per heavy atom. The van der Waals surface area contributed by atoms with Gasteiger partial charge in [-0.25, -0.2) is 4.98 Å². The molecule has 0 amide bonds. The van der Waals surface area contributed by atoms with Gasteiger partial charge in [-0.1, -0.05) is 53.5 Å². The van der Waals surface area contributed by atoms with E-state index in [1.807, 2.05) is 22.8 Å². The molecule has 5 heteroatoms. The summed E-state index contributed by atoms with van der Waals surface area (Å²) in [4.78, 5) is 4.64. The van der Waals surface area contributed by atoms with Crippen LogP contribution < -0.4 is 0 Å². The van der Waals surface area contributed by atoms with Crippen LogP contribution in [-0.4, -0.2) is 21.3 Å². The zero-order valence-electron chi connectivity index (χ0n) is 11.3. The summed E-state index contributed by atoms with van der Waals surface area (Å²) >= 11 is 12.1. The lowest BCUT2D eigenvalue weighted by Crippen LogP contribution is -2.07. The van der Waals surface area contributed by atoms with Gasteiger partial charge in [-0.05, 0) is 17.7 Å². The summed E-state index contributed by atoms with van der Waals surface area (Å²) in [6.45, 7) is 0.532. The lowest BCUT2D eigenvalue weighted by molar-refractivity contribution is 0.276. The van der Waals surface area contributed by atoms with Crippen LogP contribution in [-0.2, 0) is 13.0 Å². The summed E-state index contributed by atoms with van der Waals surface area (Å²) in [5.41, 5.74) is 2.86. The Balaban J connectivity index is 2.10. The molecule has 1 heterocycles. The maximum absolute atomic E-state index is 9.30. The Kier molecular flexibility index (Phi) is 4.15. The first-order valence-electron chi connectivity index (χ1n) is 6.68. The summed E-state index contributed by atoms with van der Waals surface area (Å²) in [7, 11) is 0. The highest BCUT2D eigenvalue weighted by molar-refractivity contribution is 6.42. The van der Waals surface area contributed by atoms with Crippen molar-refractivity contribution < 1.29 is 5.11 Å². The van der Waals surface area contributed by atoms with Crippen LogP contribution in [0.2, 0.25) is 10.0 Å². The maximum Gasteiger partial charge on any atom is 0.114 e. The predicted molar refractivity (Wildman–Crippen MR) is 86.1 cm³/mol. The Hall–Kier alpha value is -1.55. The van der Waals surface area contributed by atoms with Crippen molar-refractivity contribution in [1.82, 2.24) is 9.55 Å². The first-order chi connectivity index (χ1) is 10.2. The molecule has 2 aromatic carbocycles. The van der Waals surface area contributed by atoms with Crippen molar-refractivity contribution >= 4 is 34.2 Å². The molecule has 3 rings (SSSR count). The zero-order chi connectivity index (χ0) is 14.8. The van der Waals surface area contributed by atoms with Gasteiger partial charge in [-0.15, -0.1) is 0 Å². The number of nitrogens with zero attached hydrogens (tertiary/aromatic N) is 2. The summed E-state index contributed by atoms with van der Waals surface area (Å²) in [6.07, 6.45) is 0.699. The standard InChI is InChI=1S/C16H14Cl2N2O/c17-12-9-14-15(10-13(12)18)20(6-7-21)16(19-14)8-11-4-2-1-3-5-11/h1-5,9-10,21H,6-8H2. The van der Waals surface area contributed by atoms with Gasteiger partial charge in [0.1, 0.15) is 5.82 Å². The fourth-order valence-corrected chi connectivity index (χ4v) is 2.75. The third kappa shape index (κ3) is 2.91. The van der Waals surface area contributed by atoms with Gasteiger partial charge in [0.05, 0.1) is 27.7 Å². The summed E-state index contributed by atoms with van der Waals surface area (Å²) in [6, 6.07) is 13.7. The maximum atomic E-state index is 9.30. The molecule has 3 aromatic rings. The van der Waals surface area contributed by atoms with Crippen LogP contribution in [0.15, 0.2) is 42.5 Å². The average molecular weight is 321 g/mol. The van der Waals surface area contributed by atoms with E-state index in [-0.39, 0.29) is 6.61 Å². The molecule has 3 nitrogen and oxygen atoms in total. The van der Waals surface area contributed by atoms with Crippen LogP contribution in [0.5, 0.6) is 0 Å². The minimum absolute atomic E-state index is 0.0491. The second-order valence-electron chi connectivity index (χ2n) is 4.82. The normalized spacial score (nSPS) is 11.2. The molecule has 0 aliphatic heterocycles. The number of halogens is 2. The SMILES string of the molecule is OCCn1c(Cc2ccccc2)nc2cc(Cl)c(Cl)cc21. The molecule has 0 saturated carbocycles. The zero-order valence-corrected chi connectivity index (χ0v) is 12.8. The van der Waals surface area contributed by atoms with Crippen molar-refractivity contribution in [3.05, 3.63) is 63.9 Å². The van der Waals surface area contributed by atoms with Gasteiger partial charge in [0, 0.05) is 13.0 Å². The van der Waals surface area contributed by atoms with Gasteiger partial charge < -0.3 is 9.67 Å². The van der Waals surface area contributed by atoms with Crippen molar-refractivity contribution in [2.75, 3.05) is 6.61 Å². The van der Waals surface area contributed by atoms with Crippen molar-refractivity contribution in [3.8, 4) is 0 Å². The Labute approximate surface area is 132 Å². The first kappa shape index (κ1) is 14.4. The first-order valence-corrected chi connectivity index (χ1v) is 7.43. The summed E-state index contributed by atoms with van der Waals surface area (Å²) in [5, 5.41) is 10.3. The Morgan fingerprint density at radius 2 is 1.76 bits per heavy atom. The minimum Gasteiger partial charge on any atom is -0.395 e. The molecule has 0 unspecified atom stereocenters. The number of aromatic nitrogens is 2. The average Bonchev–Trinajstić information content (AvgIpc) is 2.79. The van der Waals surface area contributed by atoms with E-state index in [9.17, 15) is 5.11 Å². The molecule has 0 bridgehead atoms. The monoisotopic (exact) mass is 320 g/mol. The lowest BCUT2D eigenvalue weighted by Gasteiger charge is -2.07. The van der Waals surface area contributed by atoms with E-state index in [0.29, 0.717) is 23.0 Å². The van der Waals surface area contributed by atoms with Crippen molar-refractivity contribution in [2.45, 2.75) is 13.0 Å². The number of imidazole rings is 1. The molecule has 0 fully saturated rings. The van der Waals surface area contributed by atoms with Crippen LogP contribution in [0.25, 0.3) is 11.0 Å². The molecule has 0 spiro atoms. The number of fused-ring (bicyclic) bond motifs is 1. The second-order valence-corrected chi connectivity index (χ2v) is 5.64. The number of rotatable bonds is 4. The molecule has 0 aliphatic rings. The van der Waals surface area contributed by atoms with Crippen LogP contribution in [0.1, 0.15) is 11.4 Å². The van der Waals surface area contributed by atoms with E-state index in [1.54, 1.807) is 12.1 Å². The smallest absolute Gasteiger partial charge is 0.114 e. The summed E-state index contributed by atoms with van der Waals surface area (Å²) < 4.78 is 1.99. The molecule has 0 radical (unpaired) electrons. The van der Waals surface area contributed by atoms with E-state index in [2.05, 4.69) is 17.1 Å². The van der Waals surface area contributed by atoms with Crippen LogP contribution in [0.3, 0.4) is 0 Å². The fraction of sp³-hybridized carbons (Fsp3) is 0.188. The highest BCUT2D eigenvalue weighted by Crippen LogP contribution is 2.28. The third-order valence-electron chi connectivity index (χ3n) is 3.40. The van der Waals surface area contributed by atoms with Gasteiger partial charge in [-0.2, -0.15) is 0 Å². The Bertz CT molecular complexity index is 769. The van der Waals surface area contributed by atoms with E-state index in [1.165, 1.54) is 5.56 Å². The van der Waals surface area contributed by atoms with E-state index in [0.717, 1.165) is 16.9 Å². The topological polar surface area (TPSA) is 38.0 Å². The highest BCUT2D eigenvalue weighted by atomic mass is 35.5. The number of benzene rings is 2. The van der Waals surface area contributed by atoms with Gasteiger partial charge in [0.15, 0.2) is 0 Å². The fourth-order valence-electron chi connectivity index (χ4n) is 2.43. The van der Waals surface area contributed by atoms with Crippen LogP contribution in [0, 0.1) is 0 Å². The van der Waals surface area contributed by atoms with E-state index < -0.39 is 0 Å². The quantitative estimate of drug-likeness (QED) is 0.791. The lowest BCUT2D eigenvalue weighted by atomic mass is 10.1. The van der Waals surface area contributed by atoms with E-state index in [4.69, 9.17) is 23.2 Å². The number of aliphatic hydroxyl groups excluding tert-OH is 1. The Morgan fingerprint density at radius 3 is 2.48 bits per heavy atom. The largest absolute Gasteiger partial charge is 0.395 e. The number of hydrogen-bond acceptors (Lipinski definition) is 2. The molecule has 1 N–H and O–H groups in total. The molecule has 1 aromatic heterocycles.